The Morgan fingerprint density at radius 2 is 1.41 bits per heavy atom. The summed E-state index contributed by atoms with van der Waals surface area (Å²) < 4.78 is 18.0. The molecule has 0 unspecified atom stereocenters. The zero-order valence-corrected chi connectivity index (χ0v) is 77.0. The van der Waals surface area contributed by atoms with Gasteiger partial charge in [0.15, 0.2) is 11.6 Å². The maximum Gasteiger partial charge on any atom is 0.410 e. The highest BCUT2D eigenvalue weighted by atomic mass is 32.2. The molecule has 4 aliphatic heterocycles. The first-order valence-corrected chi connectivity index (χ1v) is 47.3. The number of unbranched alkanes of at least 4 members (excludes halogenated alkanes) is 2. The van der Waals surface area contributed by atoms with Crippen molar-refractivity contribution >= 4 is 185 Å². The van der Waals surface area contributed by atoms with Crippen molar-refractivity contribution in [1.82, 2.24) is 81.5 Å². The number of nitrogens with one attached hydrogen (secondary N) is 8. The van der Waals surface area contributed by atoms with Gasteiger partial charge >= 0.3 is 24.2 Å². The number of ether oxygens (including phenoxy) is 3. The number of pyridine rings is 1. The number of aromatic amines is 1. The first kappa shape index (κ1) is 96.9. The van der Waals surface area contributed by atoms with Gasteiger partial charge in [-0.1, -0.05) is 69.0 Å². The highest BCUT2D eigenvalue weighted by molar-refractivity contribution is 8.14. The molecule has 46 heteroatoms. The molecular formula is C87H91N19O21S6. The third kappa shape index (κ3) is 24.0. The number of ketones is 2. The molecule has 0 saturated carbocycles. The quantitative estimate of drug-likeness (QED) is 0.00839. The van der Waals surface area contributed by atoms with E-state index in [9.17, 15) is 72.5 Å². The van der Waals surface area contributed by atoms with Crippen LogP contribution in [0.4, 0.5) is 20.1 Å². The average molecular weight is 1930 g/mol. The number of urea groups is 1. The van der Waals surface area contributed by atoms with Crippen LogP contribution in [-0.2, 0) is 65.8 Å². The number of allylic oxidation sites excluding steroid dienone is 1. The average Bonchev–Trinajstić information content (AvgIpc) is 1.65. The monoisotopic (exact) mass is 1930 g/mol. The van der Waals surface area contributed by atoms with Gasteiger partial charge in [-0.3, -0.25) is 62.4 Å². The Morgan fingerprint density at radius 1 is 0.744 bits per heavy atom. The third-order valence-corrected chi connectivity index (χ3v) is 27.4. The van der Waals surface area contributed by atoms with Crippen molar-refractivity contribution in [3.63, 3.8) is 0 Å². The summed E-state index contributed by atoms with van der Waals surface area (Å²) in [5, 5.41) is 49.2. The van der Waals surface area contributed by atoms with Gasteiger partial charge in [0, 0.05) is 144 Å². The molecule has 2 aromatic carbocycles. The molecule has 7 atom stereocenters. The summed E-state index contributed by atoms with van der Waals surface area (Å²) in [6, 6.07) is 8.21. The minimum absolute atomic E-state index is 0.000230. The van der Waals surface area contributed by atoms with Crippen LogP contribution in [-0.4, -0.2) is 223 Å². The van der Waals surface area contributed by atoms with Gasteiger partial charge in [0.05, 0.1) is 40.3 Å². The lowest BCUT2D eigenvalue weighted by atomic mass is 9.89. The number of imide groups is 1. The van der Waals surface area contributed by atoms with E-state index in [2.05, 4.69) is 63.7 Å². The van der Waals surface area contributed by atoms with Gasteiger partial charge in [-0.05, 0) is 93.3 Å². The van der Waals surface area contributed by atoms with Gasteiger partial charge in [0.2, 0.25) is 28.9 Å². The second-order valence-corrected chi connectivity index (χ2v) is 36.9. The van der Waals surface area contributed by atoms with E-state index in [1.54, 1.807) is 75.5 Å². The minimum atomic E-state index is -1.84. The number of thiazole rings is 5. The van der Waals surface area contributed by atoms with Gasteiger partial charge in [0.25, 0.3) is 35.4 Å². The number of benzene rings is 2. The molecule has 13 rings (SSSR count). The number of H-pyrrole nitrogens is 1. The number of Topliss-reactive ketones (excluding diaryl/α,β-unsaturated/α-hetero) is 2. The molecule has 13 amide bonds. The van der Waals surface area contributed by atoms with Crippen LogP contribution in [0.3, 0.4) is 0 Å². The van der Waals surface area contributed by atoms with Crippen LogP contribution in [0.25, 0.3) is 49.3 Å². The van der Waals surface area contributed by atoms with E-state index in [1.165, 1.54) is 62.5 Å². The molecule has 12 bridgehead atoms. The normalized spacial score (nSPS) is 17.9. The number of fused-ring (bicyclic) bond motifs is 13. The molecule has 696 valence electrons. The standard InChI is InChI=1S/C87H91N19O21S6/c1-7-51-80-96-53(35-130-80)59(108)30-48-31-62(127-87(124)105-27-25-104(26-28-105)86(123)126-33-45-17-19-49(20-18-45)92-73(115)46(14-12-23-90-85(89)122)29-60(109)67(41(2)3)101-63(111)16-9-8-10-24-106-64(112)21-22-65(106)113)83(120)125-34-47-13-11-15-52-66(47)42(4)68(93-52)84(121)133-40-58(95-75(117)56-37-128-78(48)98-56)81-97-54(36-131-81)70-50(79-99-57(38-129-79)76(118)103-69(44(6)107)77(119)94-51)32-61(110)71(102-70)82-100-55(39-132-82)74(116)91-43(5)72(88)114/h7,11,13,15,17-22,32,35-39,41,44,46,48,58,62,67,69,93,107,110H,5,8-10,12,14,16,23-31,33-34,40H2,1-4,6H3,(H2,88,114)(H,91,116)(H,92,115)(H,94,119)(H,95,117)(H,101,111)(H,103,118)(H3,89,90,122)/b51-7-/t44-,46-,48+,58+,62+,67+,69+/m1/s1. The molecule has 11 heterocycles. The second kappa shape index (κ2) is 43.6. The van der Waals surface area contributed by atoms with E-state index in [0.29, 0.717) is 52.5 Å². The van der Waals surface area contributed by atoms with Crippen molar-refractivity contribution in [2.75, 3.05) is 50.3 Å². The fraction of sp³-hybridized carbons (Fsp3) is 0.356. The molecule has 1 fully saturated rings. The van der Waals surface area contributed by atoms with E-state index in [0.717, 1.165) is 73.3 Å². The number of hydrogen-bond donors (Lipinski definition) is 12. The van der Waals surface area contributed by atoms with Crippen LogP contribution in [0, 0.1) is 18.8 Å². The second-order valence-electron chi connectivity index (χ2n) is 31.6. The number of primary amides is 2. The van der Waals surface area contributed by atoms with E-state index in [1.807, 2.05) is 0 Å². The van der Waals surface area contributed by atoms with Gasteiger partial charge < -0.3 is 87.9 Å². The third-order valence-electron chi connectivity index (χ3n) is 21.9. The number of carbonyl (C=O) groups excluding carboxylic acids is 16. The lowest BCUT2D eigenvalue weighted by Gasteiger charge is -2.34. The topological polar surface area (TPSA) is 580 Å². The molecule has 9 aromatic rings. The van der Waals surface area contributed by atoms with Crippen molar-refractivity contribution in [3.05, 3.63) is 166 Å². The summed E-state index contributed by atoms with van der Waals surface area (Å²) in [6.45, 7) is 10.7. The number of carbonyl (C=O) groups is 16. The zero-order chi connectivity index (χ0) is 95.2. The number of hydrogen-bond acceptors (Lipinski definition) is 33. The van der Waals surface area contributed by atoms with Gasteiger partial charge in [-0.15, -0.1) is 56.7 Å². The van der Waals surface area contributed by atoms with Crippen molar-refractivity contribution in [1.29, 1.82) is 0 Å². The van der Waals surface area contributed by atoms with Gasteiger partial charge in [-0.25, -0.2) is 49.1 Å². The van der Waals surface area contributed by atoms with Crippen LogP contribution in [0.1, 0.15) is 182 Å². The molecule has 40 nitrogen and oxygen atoms in total. The van der Waals surface area contributed by atoms with Crippen LogP contribution >= 0.6 is 68.4 Å². The number of aliphatic hydroxyl groups is 1. The summed E-state index contributed by atoms with van der Waals surface area (Å²) in [5.74, 6) is -11.4. The number of aromatic nitrogens is 7. The fourth-order valence-corrected chi connectivity index (χ4v) is 20.0. The number of rotatable bonds is 25. The number of aryl methyl sites for hydroxylation is 1. The first-order valence-electron chi connectivity index (χ1n) is 41.9. The number of nitrogens with zero attached hydrogens (tertiary/aromatic N) is 9. The van der Waals surface area contributed by atoms with Crippen LogP contribution in [0.5, 0.6) is 5.75 Å². The molecule has 0 aliphatic carbocycles. The van der Waals surface area contributed by atoms with Crippen LogP contribution in [0.2, 0.25) is 0 Å². The Morgan fingerprint density at radius 3 is 2.13 bits per heavy atom. The summed E-state index contributed by atoms with van der Waals surface area (Å²) in [5.41, 5.74) is 11.8. The minimum Gasteiger partial charge on any atom is -0.506 e. The summed E-state index contributed by atoms with van der Waals surface area (Å²) >= 11 is 5.55. The molecule has 4 aliphatic rings. The van der Waals surface area contributed by atoms with Gasteiger partial charge in [0.1, 0.15) is 84.9 Å². The number of esters is 1. The molecule has 1 saturated heterocycles. The number of nitrogens with two attached hydrogens (primary N) is 2. The Hall–Kier alpha value is -13.7. The predicted molar refractivity (Wildman–Crippen MR) is 490 cm³/mol. The maximum absolute atomic E-state index is 15.1. The number of amides is 13. The van der Waals surface area contributed by atoms with Crippen molar-refractivity contribution in [2.45, 2.75) is 142 Å². The first-order chi connectivity index (χ1) is 63.6. The van der Waals surface area contributed by atoms with Crippen LogP contribution in [0.15, 0.2) is 106 Å². The van der Waals surface area contributed by atoms with Crippen LogP contribution < -0.4 is 48.7 Å². The number of piperazine rings is 1. The Balaban J connectivity index is 0.737. The lowest BCUT2D eigenvalue weighted by Crippen LogP contribution is -2.52. The summed E-state index contributed by atoms with van der Waals surface area (Å²) in [7, 11) is 0. The zero-order valence-electron chi connectivity index (χ0n) is 72.1. The predicted octanol–water partition coefficient (Wildman–Crippen LogP) is 8.46. The summed E-state index contributed by atoms with van der Waals surface area (Å²) in [4.78, 5) is 254. The number of cyclic esters (lactones) is 1. The Kier molecular flexibility index (Phi) is 31.7. The number of thioether (sulfide) groups is 1. The van der Waals surface area contributed by atoms with Gasteiger partial charge in [-0.2, -0.15) is 0 Å². The molecular weight excluding hydrogens is 1840 g/mol. The van der Waals surface area contributed by atoms with E-state index in [4.69, 9.17) is 40.6 Å². The molecule has 14 N–H and O–H groups in total. The Bertz CT molecular complexity index is 6120. The van der Waals surface area contributed by atoms with Crippen molar-refractivity contribution in [2.24, 2.45) is 23.3 Å². The molecule has 0 radical (unpaired) electrons. The number of anilines is 1. The highest BCUT2D eigenvalue weighted by Crippen LogP contribution is 2.43. The summed E-state index contributed by atoms with van der Waals surface area (Å²) in [6.07, 6.45) is -0.618. The molecule has 7 aromatic heterocycles. The highest BCUT2D eigenvalue weighted by Gasteiger charge is 2.39. The van der Waals surface area contributed by atoms with E-state index >= 15 is 14.4 Å². The van der Waals surface area contributed by atoms with Crippen molar-refractivity contribution < 1.29 is 101 Å². The molecule has 0 spiro atoms. The molecule has 133 heavy (non-hydrogen) atoms. The lowest BCUT2D eigenvalue weighted by molar-refractivity contribution is -0.156. The van der Waals surface area contributed by atoms with Crippen molar-refractivity contribution in [3.8, 4) is 38.4 Å². The number of aliphatic hydroxyl groups excluding tert-OH is 1. The largest absolute Gasteiger partial charge is 0.506 e. The SMILES string of the molecule is C=C(NC(=O)c1csc(-c2nc3c(cc2O)-c2nc(cs2)C(=O)N[C@@H]([C@@H](C)O)C(=O)N/C(=C\C)c2nc(cs2)C(=O)C[C@H]2C[C@H](OC(=O)N4CCN(C(=O)OCc5ccc(NC(=O)[C@H](CCCNC(N)=O)CC(=O)[C@@H](NC(=O)CCCCCN6C(=O)C=CC6=O)C(C)C)cc5)CC4)C(=O)OCc4cccc5[nH]c(c(C)c45)C(=O)SC[C@H](NC(=O)c4csc2n4)c2nc-3cs2)n1)C(N)=O. The smallest absolute Gasteiger partial charge is 0.410 e. The van der Waals surface area contributed by atoms with E-state index < -0.39 is 161 Å². The number of aromatic hydroxyl groups is 1. The van der Waals surface area contributed by atoms with E-state index in [-0.39, 0.29) is 171 Å². The Labute approximate surface area is 782 Å². The fourth-order valence-electron chi connectivity index (χ4n) is 14.7. The maximum atomic E-state index is 15.1.